The van der Waals surface area contributed by atoms with Crippen molar-refractivity contribution in [2.75, 3.05) is 6.61 Å². The third-order valence-electron chi connectivity index (χ3n) is 6.12. The zero-order chi connectivity index (χ0) is 27.7. The van der Waals surface area contributed by atoms with Crippen LogP contribution in [0, 0.1) is 18.6 Å². The number of hydrogen-bond donors (Lipinski definition) is 1. The van der Waals surface area contributed by atoms with Crippen molar-refractivity contribution in [2.45, 2.75) is 25.2 Å². The fourth-order valence-corrected chi connectivity index (χ4v) is 5.59. The Morgan fingerprint density at radius 1 is 1.03 bits per heavy atom. The Kier molecular flexibility index (Phi) is 6.92. The summed E-state index contributed by atoms with van der Waals surface area (Å²) in [5, 5.41) is 6.77. The fraction of sp³-hybridized carbons (Fsp3) is 0.143. The maximum atomic E-state index is 15.7. The van der Waals surface area contributed by atoms with E-state index in [1.165, 1.54) is 42.7 Å². The predicted octanol–water partition coefficient (Wildman–Crippen LogP) is 5.75. The maximum Gasteiger partial charge on any atom is 0.310 e. The highest BCUT2D eigenvalue weighted by molar-refractivity contribution is 7.90. The Morgan fingerprint density at radius 3 is 2.49 bits per heavy atom. The zero-order valence-corrected chi connectivity index (χ0v) is 21.8. The van der Waals surface area contributed by atoms with Gasteiger partial charge in [0, 0.05) is 35.0 Å². The molecule has 0 amide bonds. The lowest BCUT2D eigenvalue weighted by Crippen LogP contribution is -2.13. The highest BCUT2D eigenvalue weighted by Crippen LogP contribution is 2.38. The predicted molar refractivity (Wildman–Crippen MR) is 140 cm³/mol. The summed E-state index contributed by atoms with van der Waals surface area (Å²) in [6.07, 6.45) is 2.37. The summed E-state index contributed by atoms with van der Waals surface area (Å²) >= 11 is 0. The standard InChI is InChI=1S/C28H23F2N3O5S/c1-3-37-27(34)15-21-20-11-13-33(39(35,36)19-7-4-17(2)5-8-19)26(20)16-24(30)28(21)38-18-6-9-23(29)22(14-18)25-10-12-31-32-25/h4-14,16H,3,15H2,1-2H3,(H,31,32). The summed E-state index contributed by atoms with van der Waals surface area (Å²) in [4.78, 5) is 12.5. The first-order valence-corrected chi connectivity index (χ1v) is 13.4. The van der Waals surface area contributed by atoms with Crippen LogP contribution >= 0.6 is 0 Å². The molecule has 8 nitrogen and oxygen atoms in total. The number of hydrogen-bond acceptors (Lipinski definition) is 6. The molecular weight excluding hydrogens is 528 g/mol. The minimum Gasteiger partial charge on any atom is -0.466 e. The number of carbonyl (C=O) groups is 1. The van der Waals surface area contributed by atoms with Gasteiger partial charge in [-0.3, -0.25) is 9.89 Å². The molecule has 200 valence electrons. The van der Waals surface area contributed by atoms with Crippen molar-refractivity contribution in [1.29, 1.82) is 0 Å². The molecule has 0 aliphatic heterocycles. The van der Waals surface area contributed by atoms with E-state index in [1.807, 2.05) is 6.92 Å². The Hall–Kier alpha value is -4.51. The highest BCUT2D eigenvalue weighted by atomic mass is 32.2. The lowest BCUT2D eigenvalue weighted by atomic mass is 10.0. The molecule has 39 heavy (non-hydrogen) atoms. The Bertz CT molecular complexity index is 1780. The summed E-state index contributed by atoms with van der Waals surface area (Å²) in [5.41, 5.74) is 1.53. The van der Waals surface area contributed by atoms with Gasteiger partial charge >= 0.3 is 5.97 Å². The number of aromatic amines is 1. The Balaban J connectivity index is 1.64. The molecule has 0 spiro atoms. The highest BCUT2D eigenvalue weighted by Gasteiger charge is 2.25. The van der Waals surface area contributed by atoms with Crippen molar-refractivity contribution < 1.29 is 31.5 Å². The molecule has 11 heteroatoms. The van der Waals surface area contributed by atoms with Crippen LogP contribution in [0.4, 0.5) is 8.78 Å². The average molecular weight is 552 g/mol. The van der Waals surface area contributed by atoms with Crippen LogP contribution in [0.15, 0.2) is 78.0 Å². The number of H-pyrrole nitrogens is 1. The summed E-state index contributed by atoms with van der Waals surface area (Å²) in [7, 11) is -4.08. The first kappa shape index (κ1) is 26.1. The number of nitrogens with zero attached hydrogens (tertiary/aromatic N) is 2. The van der Waals surface area contributed by atoms with Gasteiger partial charge < -0.3 is 9.47 Å². The van der Waals surface area contributed by atoms with E-state index in [2.05, 4.69) is 10.2 Å². The second-order valence-corrected chi connectivity index (χ2v) is 10.5. The van der Waals surface area contributed by atoms with Crippen molar-refractivity contribution in [1.82, 2.24) is 14.2 Å². The SMILES string of the molecule is CCOC(=O)Cc1c(Oc2ccc(F)c(-c3ccn[nH]3)c2)c(F)cc2c1ccn2S(=O)(=O)c1ccc(C)cc1. The molecule has 2 heterocycles. The molecule has 0 fully saturated rings. The zero-order valence-electron chi connectivity index (χ0n) is 20.9. The molecular formula is C28H23F2N3O5S. The Labute approximate surface area is 222 Å². The number of ether oxygens (including phenoxy) is 2. The smallest absolute Gasteiger partial charge is 0.310 e. The number of rotatable bonds is 8. The van der Waals surface area contributed by atoms with E-state index in [-0.39, 0.29) is 51.5 Å². The van der Waals surface area contributed by atoms with Crippen LogP contribution in [0.25, 0.3) is 22.2 Å². The van der Waals surface area contributed by atoms with Gasteiger partial charge in [0.15, 0.2) is 11.6 Å². The molecule has 0 atom stereocenters. The molecule has 0 radical (unpaired) electrons. The molecule has 5 aromatic rings. The molecule has 0 bridgehead atoms. The van der Waals surface area contributed by atoms with E-state index < -0.39 is 27.6 Å². The van der Waals surface area contributed by atoms with Gasteiger partial charge in [-0.15, -0.1) is 0 Å². The second-order valence-electron chi connectivity index (χ2n) is 8.72. The Morgan fingerprint density at radius 2 is 1.79 bits per heavy atom. The number of esters is 1. The lowest BCUT2D eigenvalue weighted by molar-refractivity contribution is -0.142. The molecule has 0 saturated heterocycles. The second kappa shape index (κ2) is 10.3. The molecule has 3 aromatic carbocycles. The lowest BCUT2D eigenvalue weighted by Gasteiger charge is -2.15. The molecule has 2 aromatic heterocycles. The quantitative estimate of drug-likeness (QED) is 0.246. The number of aromatic nitrogens is 3. The molecule has 0 saturated carbocycles. The van der Waals surface area contributed by atoms with Gasteiger partial charge in [0.2, 0.25) is 0 Å². The maximum absolute atomic E-state index is 15.7. The number of halogens is 2. The summed E-state index contributed by atoms with van der Waals surface area (Å²) < 4.78 is 68.9. The van der Waals surface area contributed by atoms with Gasteiger partial charge in [0.1, 0.15) is 11.6 Å². The van der Waals surface area contributed by atoms with Crippen molar-refractivity contribution in [3.8, 4) is 22.8 Å². The van der Waals surface area contributed by atoms with E-state index in [0.29, 0.717) is 5.69 Å². The number of nitrogens with one attached hydrogen (secondary N) is 1. The van der Waals surface area contributed by atoms with Crippen LogP contribution in [-0.2, 0) is 26.0 Å². The molecule has 0 unspecified atom stereocenters. The van der Waals surface area contributed by atoms with Crippen LogP contribution in [0.2, 0.25) is 0 Å². The van der Waals surface area contributed by atoms with E-state index >= 15 is 4.39 Å². The van der Waals surface area contributed by atoms with Gasteiger partial charge in [-0.2, -0.15) is 5.10 Å². The third-order valence-corrected chi connectivity index (χ3v) is 7.83. The molecule has 1 N–H and O–H groups in total. The van der Waals surface area contributed by atoms with E-state index in [0.717, 1.165) is 21.7 Å². The molecule has 0 aliphatic rings. The van der Waals surface area contributed by atoms with Crippen LogP contribution in [0.1, 0.15) is 18.1 Å². The molecule has 0 aliphatic carbocycles. The van der Waals surface area contributed by atoms with E-state index in [1.54, 1.807) is 25.1 Å². The minimum atomic E-state index is -4.08. The van der Waals surface area contributed by atoms with Gasteiger partial charge in [-0.05, 0) is 56.3 Å². The van der Waals surface area contributed by atoms with Gasteiger partial charge in [0.05, 0.1) is 29.1 Å². The van der Waals surface area contributed by atoms with Gasteiger partial charge in [-0.25, -0.2) is 21.2 Å². The normalized spacial score (nSPS) is 11.6. The first-order valence-electron chi connectivity index (χ1n) is 12.0. The minimum absolute atomic E-state index is 0.0240. The van der Waals surface area contributed by atoms with Crippen molar-refractivity contribution in [3.05, 3.63) is 95.8 Å². The summed E-state index contributed by atoms with van der Waals surface area (Å²) in [6, 6.07) is 14.2. The van der Waals surface area contributed by atoms with Crippen LogP contribution in [0.5, 0.6) is 11.5 Å². The number of aryl methyl sites for hydroxylation is 1. The summed E-state index contributed by atoms with van der Waals surface area (Å²) in [5.74, 6) is -2.32. The number of carbonyl (C=O) groups excluding carboxylic acids is 1. The van der Waals surface area contributed by atoms with Gasteiger partial charge in [0.25, 0.3) is 10.0 Å². The largest absolute Gasteiger partial charge is 0.466 e. The van der Waals surface area contributed by atoms with Crippen LogP contribution in [0.3, 0.4) is 0 Å². The van der Waals surface area contributed by atoms with Crippen molar-refractivity contribution in [2.24, 2.45) is 0 Å². The van der Waals surface area contributed by atoms with E-state index in [9.17, 15) is 17.6 Å². The average Bonchev–Trinajstić information content (AvgIpc) is 3.58. The summed E-state index contributed by atoms with van der Waals surface area (Å²) in [6.45, 7) is 3.57. The first-order chi connectivity index (χ1) is 18.7. The fourth-order valence-electron chi connectivity index (χ4n) is 4.25. The number of fused-ring (bicyclic) bond motifs is 1. The molecule has 5 rings (SSSR count). The van der Waals surface area contributed by atoms with Gasteiger partial charge in [-0.1, -0.05) is 17.7 Å². The topological polar surface area (TPSA) is 103 Å². The van der Waals surface area contributed by atoms with Crippen molar-refractivity contribution in [3.63, 3.8) is 0 Å². The monoisotopic (exact) mass is 551 g/mol. The van der Waals surface area contributed by atoms with Crippen molar-refractivity contribution >= 4 is 26.9 Å². The third kappa shape index (κ3) is 5.00. The van der Waals surface area contributed by atoms with Crippen LogP contribution in [-0.4, -0.2) is 35.2 Å². The van der Waals surface area contributed by atoms with Crippen LogP contribution < -0.4 is 4.74 Å². The number of benzene rings is 3. The van der Waals surface area contributed by atoms with E-state index in [4.69, 9.17) is 9.47 Å².